The Hall–Kier alpha value is -2.62. The van der Waals surface area contributed by atoms with Gasteiger partial charge in [-0.2, -0.15) is 0 Å². The lowest BCUT2D eigenvalue weighted by atomic mass is 10.0. The fraction of sp³-hybridized carbons (Fsp3) is 0.364. The second-order valence-corrected chi connectivity index (χ2v) is 6.62. The van der Waals surface area contributed by atoms with Crippen molar-refractivity contribution in [3.8, 4) is 0 Å². The highest BCUT2D eigenvalue weighted by Gasteiger charge is 2.21. The van der Waals surface area contributed by atoms with Crippen LogP contribution < -0.4 is 10.2 Å². The first kappa shape index (κ1) is 19.7. The molecule has 138 valence electrons. The number of hydrogen-bond donors (Lipinski definition) is 1. The van der Waals surface area contributed by atoms with Crippen molar-refractivity contribution >= 4 is 23.2 Å². The zero-order chi connectivity index (χ0) is 18.8. The smallest absolute Gasteiger partial charge is 0.231 e. The summed E-state index contributed by atoms with van der Waals surface area (Å²) in [5.41, 5.74) is 1.67. The highest BCUT2D eigenvalue weighted by molar-refractivity contribution is 6.00. The van der Waals surface area contributed by atoms with E-state index >= 15 is 0 Å². The molecule has 0 aromatic heterocycles. The molecule has 1 N–H and O–H groups in total. The van der Waals surface area contributed by atoms with E-state index in [1.54, 1.807) is 4.90 Å². The van der Waals surface area contributed by atoms with Gasteiger partial charge in [-0.25, -0.2) is 0 Å². The minimum atomic E-state index is -0.0148. The molecule has 0 heterocycles. The second kappa shape index (κ2) is 10.4. The number of rotatable bonds is 9. The van der Waals surface area contributed by atoms with E-state index in [9.17, 15) is 9.59 Å². The summed E-state index contributed by atoms with van der Waals surface area (Å²) in [4.78, 5) is 26.7. The summed E-state index contributed by atoms with van der Waals surface area (Å²) in [7, 11) is 0. The van der Waals surface area contributed by atoms with Gasteiger partial charge in [0.05, 0.1) is 0 Å². The van der Waals surface area contributed by atoms with E-state index in [4.69, 9.17) is 0 Å². The van der Waals surface area contributed by atoms with Crippen LogP contribution in [0.15, 0.2) is 60.7 Å². The molecule has 0 radical (unpaired) electrons. The maximum absolute atomic E-state index is 13.0. The number of unbranched alkanes of at least 4 members (excludes halogenated alkanes) is 1. The Labute approximate surface area is 156 Å². The summed E-state index contributed by atoms with van der Waals surface area (Å²) in [6, 6.07) is 19.2. The summed E-state index contributed by atoms with van der Waals surface area (Å²) >= 11 is 0. The maximum atomic E-state index is 13.0. The maximum Gasteiger partial charge on any atom is 0.231 e. The predicted molar refractivity (Wildman–Crippen MR) is 106 cm³/mol. The van der Waals surface area contributed by atoms with Gasteiger partial charge >= 0.3 is 0 Å². The van der Waals surface area contributed by atoms with Gasteiger partial charge in [-0.15, -0.1) is 0 Å². The summed E-state index contributed by atoms with van der Waals surface area (Å²) in [5, 5.41) is 2.92. The number of nitrogens with zero attached hydrogens (tertiary/aromatic N) is 1. The minimum absolute atomic E-state index is 0.00346. The van der Waals surface area contributed by atoms with E-state index in [0.29, 0.717) is 19.4 Å². The molecule has 2 aromatic carbocycles. The van der Waals surface area contributed by atoms with Crippen LogP contribution in [0, 0.1) is 5.92 Å². The first-order valence-electron chi connectivity index (χ1n) is 9.31. The van der Waals surface area contributed by atoms with Crippen LogP contribution in [0.25, 0.3) is 0 Å². The number of carbonyl (C=O) groups excluding carboxylic acids is 2. The molecule has 0 aliphatic heterocycles. The highest BCUT2D eigenvalue weighted by Crippen LogP contribution is 2.27. The quantitative estimate of drug-likeness (QED) is 0.666. The fourth-order valence-corrected chi connectivity index (χ4v) is 2.85. The number of carbonyl (C=O) groups is 2. The number of amides is 2. The van der Waals surface area contributed by atoms with Crippen molar-refractivity contribution in [2.24, 2.45) is 5.92 Å². The lowest BCUT2D eigenvalue weighted by Crippen LogP contribution is -2.30. The average molecular weight is 352 g/mol. The monoisotopic (exact) mass is 352 g/mol. The van der Waals surface area contributed by atoms with Crippen LogP contribution >= 0.6 is 0 Å². The summed E-state index contributed by atoms with van der Waals surface area (Å²) in [5.74, 6) is 0.0000291. The second-order valence-electron chi connectivity index (χ2n) is 6.62. The standard InChI is InChI=1S/C22H28N2O2/c1-3-4-15-23-21(25)16-18(2)17-22(26)24(19-11-7-5-8-12-19)20-13-9-6-10-14-20/h5-14,18H,3-4,15-17H2,1-2H3,(H,23,25)/t18-/m1/s1. The molecular weight excluding hydrogens is 324 g/mol. The Morgan fingerprint density at radius 3 is 1.96 bits per heavy atom. The lowest BCUT2D eigenvalue weighted by molar-refractivity contribution is -0.122. The van der Waals surface area contributed by atoms with Crippen molar-refractivity contribution in [1.29, 1.82) is 0 Å². The summed E-state index contributed by atoms with van der Waals surface area (Å²) < 4.78 is 0. The van der Waals surface area contributed by atoms with Crippen molar-refractivity contribution in [3.63, 3.8) is 0 Å². The van der Waals surface area contributed by atoms with E-state index in [-0.39, 0.29) is 17.7 Å². The first-order valence-corrected chi connectivity index (χ1v) is 9.31. The molecular formula is C22H28N2O2. The van der Waals surface area contributed by atoms with E-state index in [2.05, 4.69) is 12.2 Å². The summed E-state index contributed by atoms with van der Waals surface area (Å²) in [6.45, 7) is 4.75. The van der Waals surface area contributed by atoms with Crippen LogP contribution in [0.1, 0.15) is 39.5 Å². The molecule has 0 fully saturated rings. The molecule has 4 nitrogen and oxygen atoms in total. The Balaban J connectivity index is 2.04. The van der Waals surface area contributed by atoms with Gasteiger partial charge in [0.25, 0.3) is 0 Å². The van der Waals surface area contributed by atoms with Crippen LogP contribution in [0.5, 0.6) is 0 Å². The third-order valence-electron chi connectivity index (χ3n) is 4.19. The fourth-order valence-electron chi connectivity index (χ4n) is 2.85. The van der Waals surface area contributed by atoms with Crippen LogP contribution in [-0.4, -0.2) is 18.4 Å². The topological polar surface area (TPSA) is 49.4 Å². The van der Waals surface area contributed by atoms with E-state index in [1.165, 1.54) is 0 Å². The number of para-hydroxylation sites is 2. The Morgan fingerprint density at radius 1 is 0.923 bits per heavy atom. The molecule has 0 saturated carbocycles. The van der Waals surface area contributed by atoms with Crippen LogP contribution in [0.2, 0.25) is 0 Å². The van der Waals surface area contributed by atoms with Gasteiger partial charge in [-0.05, 0) is 36.6 Å². The third kappa shape index (κ3) is 6.03. The first-order chi connectivity index (χ1) is 12.6. The molecule has 0 saturated heterocycles. The van der Waals surface area contributed by atoms with Gasteiger partial charge in [-0.1, -0.05) is 56.7 Å². The van der Waals surface area contributed by atoms with Gasteiger partial charge in [-0.3, -0.25) is 14.5 Å². The predicted octanol–water partition coefficient (Wildman–Crippen LogP) is 4.68. The van der Waals surface area contributed by atoms with Gasteiger partial charge in [0.2, 0.25) is 11.8 Å². The Kier molecular flexibility index (Phi) is 7.87. The molecule has 1 atom stereocenters. The van der Waals surface area contributed by atoms with Gasteiger partial charge < -0.3 is 5.32 Å². The normalized spacial score (nSPS) is 11.6. The number of hydrogen-bond acceptors (Lipinski definition) is 2. The SMILES string of the molecule is CCCCNC(=O)C[C@@H](C)CC(=O)N(c1ccccc1)c1ccccc1. The number of benzene rings is 2. The van der Waals surface area contributed by atoms with Crippen molar-refractivity contribution in [2.45, 2.75) is 39.5 Å². The minimum Gasteiger partial charge on any atom is -0.356 e. The average Bonchev–Trinajstić information content (AvgIpc) is 2.63. The van der Waals surface area contributed by atoms with Crippen molar-refractivity contribution in [1.82, 2.24) is 5.32 Å². The van der Waals surface area contributed by atoms with Crippen molar-refractivity contribution < 1.29 is 9.59 Å². The van der Waals surface area contributed by atoms with Gasteiger partial charge in [0.15, 0.2) is 0 Å². The molecule has 4 heteroatoms. The lowest BCUT2D eigenvalue weighted by Gasteiger charge is -2.24. The largest absolute Gasteiger partial charge is 0.356 e. The summed E-state index contributed by atoms with van der Waals surface area (Å²) in [6.07, 6.45) is 2.73. The highest BCUT2D eigenvalue weighted by atomic mass is 16.2. The van der Waals surface area contributed by atoms with E-state index in [0.717, 1.165) is 24.2 Å². The Morgan fingerprint density at radius 2 is 1.46 bits per heavy atom. The van der Waals surface area contributed by atoms with Crippen molar-refractivity contribution in [2.75, 3.05) is 11.4 Å². The molecule has 0 bridgehead atoms. The zero-order valence-electron chi connectivity index (χ0n) is 15.7. The Bertz CT molecular complexity index is 646. The van der Waals surface area contributed by atoms with Crippen LogP contribution in [0.4, 0.5) is 11.4 Å². The molecule has 2 rings (SSSR count). The van der Waals surface area contributed by atoms with Crippen LogP contribution in [-0.2, 0) is 9.59 Å². The molecule has 0 aliphatic carbocycles. The zero-order valence-corrected chi connectivity index (χ0v) is 15.7. The van der Waals surface area contributed by atoms with Crippen molar-refractivity contribution in [3.05, 3.63) is 60.7 Å². The van der Waals surface area contributed by atoms with Crippen LogP contribution in [0.3, 0.4) is 0 Å². The molecule has 26 heavy (non-hydrogen) atoms. The third-order valence-corrected chi connectivity index (χ3v) is 4.19. The molecule has 2 amide bonds. The van der Waals surface area contributed by atoms with E-state index < -0.39 is 0 Å². The molecule has 0 unspecified atom stereocenters. The molecule has 0 spiro atoms. The number of nitrogens with one attached hydrogen (secondary N) is 1. The van der Waals surface area contributed by atoms with Gasteiger partial charge in [0.1, 0.15) is 0 Å². The van der Waals surface area contributed by atoms with Gasteiger partial charge in [0, 0.05) is 30.8 Å². The van der Waals surface area contributed by atoms with E-state index in [1.807, 2.05) is 67.6 Å². The molecule has 2 aromatic rings. The number of anilines is 2. The molecule has 0 aliphatic rings.